The molecule has 0 radical (unpaired) electrons. The van der Waals surface area contributed by atoms with Crippen LogP contribution < -0.4 is 10.2 Å². The highest BCUT2D eigenvalue weighted by atomic mass is 16.3. The molecule has 0 bridgehead atoms. The lowest BCUT2D eigenvalue weighted by Gasteiger charge is -2.31. The Morgan fingerprint density at radius 2 is 2.20 bits per heavy atom. The zero-order valence-electron chi connectivity index (χ0n) is 8.98. The molecule has 1 aliphatic rings. The number of aromatic nitrogens is 1. The molecule has 0 atom stereocenters. The summed E-state index contributed by atoms with van der Waals surface area (Å²) in [7, 11) is 1.90. The molecule has 2 rings (SSSR count). The van der Waals surface area contributed by atoms with Crippen LogP contribution in [0.3, 0.4) is 0 Å². The third-order valence-corrected chi connectivity index (χ3v) is 2.82. The second kappa shape index (κ2) is 4.49. The quantitative estimate of drug-likeness (QED) is 0.762. The number of nitrogens with zero attached hydrogens (tertiary/aromatic N) is 2. The van der Waals surface area contributed by atoms with Gasteiger partial charge in [0, 0.05) is 26.3 Å². The molecule has 4 nitrogen and oxygen atoms in total. The number of anilines is 2. The number of aliphatic hydroxyl groups excluding tert-OH is 1. The minimum atomic E-state index is -0.136. The van der Waals surface area contributed by atoms with E-state index in [2.05, 4.69) is 15.2 Å². The molecule has 0 aromatic carbocycles. The number of hydrogen-bond donors (Lipinski definition) is 2. The smallest absolute Gasteiger partial charge is 0.151 e. The molecule has 0 aliphatic carbocycles. The normalized spacial score (nSPS) is 17.9. The van der Waals surface area contributed by atoms with Crippen LogP contribution in [-0.4, -0.2) is 36.3 Å². The van der Waals surface area contributed by atoms with Crippen LogP contribution in [0.25, 0.3) is 0 Å². The van der Waals surface area contributed by atoms with Gasteiger partial charge < -0.3 is 15.3 Å². The Hall–Kier alpha value is -1.29. The van der Waals surface area contributed by atoms with Gasteiger partial charge in [-0.05, 0) is 25.0 Å². The van der Waals surface area contributed by atoms with Crippen LogP contribution >= 0.6 is 0 Å². The maximum atomic E-state index is 9.44. The van der Waals surface area contributed by atoms with Crippen molar-refractivity contribution in [2.75, 3.05) is 30.4 Å². The first-order valence-corrected chi connectivity index (χ1v) is 5.37. The first kappa shape index (κ1) is 10.2. The van der Waals surface area contributed by atoms with E-state index in [0.29, 0.717) is 0 Å². The molecule has 1 aliphatic heterocycles. The summed E-state index contributed by atoms with van der Waals surface area (Å²) in [5, 5.41) is 12.6. The van der Waals surface area contributed by atoms with Crippen molar-refractivity contribution in [1.82, 2.24) is 4.98 Å². The van der Waals surface area contributed by atoms with Gasteiger partial charge in [0.1, 0.15) is 0 Å². The average Bonchev–Trinajstić information content (AvgIpc) is 2.30. The van der Waals surface area contributed by atoms with Crippen molar-refractivity contribution in [3.05, 3.63) is 18.3 Å². The highest BCUT2D eigenvalue weighted by Gasteiger charge is 2.19. The summed E-state index contributed by atoms with van der Waals surface area (Å²) in [6.07, 6.45) is 3.34. The van der Waals surface area contributed by atoms with Crippen LogP contribution in [0.15, 0.2) is 18.3 Å². The van der Waals surface area contributed by atoms with E-state index in [4.69, 9.17) is 0 Å². The van der Waals surface area contributed by atoms with Gasteiger partial charge >= 0.3 is 0 Å². The molecule has 0 saturated carbocycles. The Balaban J connectivity index is 2.15. The Morgan fingerprint density at radius 3 is 2.87 bits per heavy atom. The topological polar surface area (TPSA) is 48.4 Å². The standard InChI is InChI=1S/C11H17N3O/c1-12-10-3-2-6-13-11(10)14-7-4-9(15)5-8-14/h2-3,6,9,12,15H,4-5,7-8H2,1H3. The lowest BCUT2D eigenvalue weighted by Crippen LogP contribution is -2.36. The van der Waals surface area contributed by atoms with Crippen molar-refractivity contribution < 1.29 is 5.11 Å². The van der Waals surface area contributed by atoms with Crippen molar-refractivity contribution in [1.29, 1.82) is 0 Å². The number of pyridine rings is 1. The van der Waals surface area contributed by atoms with E-state index in [1.54, 1.807) is 6.20 Å². The zero-order valence-corrected chi connectivity index (χ0v) is 8.98. The molecule has 2 N–H and O–H groups in total. The minimum Gasteiger partial charge on any atom is -0.393 e. The van der Waals surface area contributed by atoms with Gasteiger partial charge in [0.25, 0.3) is 0 Å². The fourth-order valence-corrected chi connectivity index (χ4v) is 1.92. The summed E-state index contributed by atoms with van der Waals surface area (Å²) in [5.41, 5.74) is 1.05. The van der Waals surface area contributed by atoms with Gasteiger partial charge in [-0.15, -0.1) is 0 Å². The number of aliphatic hydroxyl groups is 1. The Morgan fingerprint density at radius 1 is 1.47 bits per heavy atom. The predicted octanol–water partition coefficient (Wildman–Crippen LogP) is 1.08. The molecule has 1 fully saturated rings. The number of hydrogen-bond acceptors (Lipinski definition) is 4. The van der Waals surface area contributed by atoms with E-state index >= 15 is 0 Å². The van der Waals surface area contributed by atoms with E-state index in [9.17, 15) is 5.11 Å². The number of nitrogens with one attached hydrogen (secondary N) is 1. The summed E-state index contributed by atoms with van der Waals surface area (Å²) >= 11 is 0. The van der Waals surface area contributed by atoms with Crippen LogP contribution in [0, 0.1) is 0 Å². The summed E-state index contributed by atoms with van der Waals surface area (Å²) in [5.74, 6) is 0.992. The van der Waals surface area contributed by atoms with Crippen LogP contribution in [0.2, 0.25) is 0 Å². The Labute approximate surface area is 89.9 Å². The monoisotopic (exact) mass is 207 g/mol. The third kappa shape index (κ3) is 2.21. The van der Waals surface area contributed by atoms with Gasteiger partial charge in [-0.3, -0.25) is 0 Å². The van der Waals surface area contributed by atoms with Gasteiger partial charge in [0.15, 0.2) is 5.82 Å². The summed E-state index contributed by atoms with van der Waals surface area (Å²) in [4.78, 5) is 6.60. The molecule has 82 valence electrons. The molecular formula is C11H17N3O. The predicted molar refractivity (Wildman–Crippen MR) is 61.2 cm³/mol. The van der Waals surface area contributed by atoms with Gasteiger partial charge in [-0.2, -0.15) is 0 Å². The van der Waals surface area contributed by atoms with Crippen molar-refractivity contribution in [3.8, 4) is 0 Å². The Bertz CT molecular complexity index is 321. The van der Waals surface area contributed by atoms with Crippen LogP contribution in [0.5, 0.6) is 0 Å². The molecule has 0 amide bonds. The summed E-state index contributed by atoms with van der Waals surface area (Å²) in [6, 6.07) is 3.95. The second-order valence-corrected chi connectivity index (χ2v) is 3.84. The highest BCUT2D eigenvalue weighted by molar-refractivity contribution is 5.65. The zero-order chi connectivity index (χ0) is 10.7. The molecular weight excluding hydrogens is 190 g/mol. The highest BCUT2D eigenvalue weighted by Crippen LogP contribution is 2.25. The van der Waals surface area contributed by atoms with Crippen molar-refractivity contribution in [2.24, 2.45) is 0 Å². The van der Waals surface area contributed by atoms with Crippen LogP contribution in [0.4, 0.5) is 11.5 Å². The molecule has 0 spiro atoms. The number of piperidine rings is 1. The lowest BCUT2D eigenvalue weighted by molar-refractivity contribution is 0.145. The third-order valence-electron chi connectivity index (χ3n) is 2.82. The molecule has 15 heavy (non-hydrogen) atoms. The minimum absolute atomic E-state index is 0.136. The van der Waals surface area contributed by atoms with Crippen molar-refractivity contribution in [2.45, 2.75) is 18.9 Å². The SMILES string of the molecule is CNc1cccnc1N1CCC(O)CC1. The van der Waals surface area contributed by atoms with Gasteiger partial charge in [-0.1, -0.05) is 0 Å². The van der Waals surface area contributed by atoms with E-state index in [1.165, 1.54) is 0 Å². The molecule has 2 heterocycles. The van der Waals surface area contributed by atoms with E-state index < -0.39 is 0 Å². The molecule has 4 heteroatoms. The second-order valence-electron chi connectivity index (χ2n) is 3.84. The molecule has 0 unspecified atom stereocenters. The van der Waals surface area contributed by atoms with Crippen molar-refractivity contribution >= 4 is 11.5 Å². The average molecular weight is 207 g/mol. The largest absolute Gasteiger partial charge is 0.393 e. The van der Waals surface area contributed by atoms with Gasteiger partial charge in [0.05, 0.1) is 11.8 Å². The lowest BCUT2D eigenvalue weighted by atomic mass is 10.1. The van der Waals surface area contributed by atoms with E-state index in [0.717, 1.165) is 37.4 Å². The molecule has 1 aromatic heterocycles. The molecule has 1 saturated heterocycles. The fourth-order valence-electron chi connectivity index (χ4n) is 1.92. The van der Waals surface area contributed by atoms with Gasteiger partial charge in [0.2, 0.25) is 0 Å². The van der Waals surface area contributed by atoms with Crippen LogP contribution in [-0.2, 0) is 0 Å². The maximum Gasteiger partial charge on any atom is 0.151 e. The fraction of sp³-hybridized carbons (Fsp3) is 0.545. The Kier molecular flexibility index (Phi) is 3.06. The van der Waals surface area contributed by atoms with Crippen LogP contribution in [0.1, 0.15) is 12.8 Å². The van der Waals surface area contributed by atoms with E-state index in [-0.39, 0.29) is 6.10 Å². The van der Waals surface area contributed by atoms with E-state index in [1.807, 2.05) is 19.2 Å². The van der Waals surface area contributed by atoms with Crippen molar-refractivity contribution in [3.63, 3.8) is 0 Å². The molecule has 1 aromatic rings. The maximum absolute atomic E-state index is 9.44. The first-order chi connectivity index (χ1) is 7.31. The first-order valence-electron chi connectivity index (χ1n) is 5.37. The number of rotatable bonds is 2. The van der Waals surface area contributed by atoms with Gasteiger partial charge in [-0.25, -0.2) is 4.98 Å². The summed E-state index contributed by atoms with van der Waals surface area (Å²) < 4.78 is 0. The summed E-state index contributed by atoms with van der Waals surface area (Å²) in [6.45, 7) is 1.76.